The molecule has 1 atom stereocenters. The molecular formula is C12H13Cl2NO2. The highest BCUT2D eigenvalue weighted by Gasteiger charge is 2.00. The van der Waals surface area contributed by atoms with E-state index < -0.39 is 6.10 Å². The summed E-state index contributed by atoms with van der Waals surface area (Å²) in [6.45, 7) is 1.83. The van der Waals surface area contributed by atoms with Gasteiger partial charge < -0.3 is 10.4 Å². The predicted molar refractivity (Wildman–Crippen MR) is 70.2 cm³/mol. The quantitative estimate of drug-likeness (QED) is 0.829. The van der Waals surface area contributed by atoms with Gasteiger partial charge in [-0.15, -0.1) is 0 Å². The number of carbonyl (C=O) groups excluding carboxylic acids is 1. The zero-order valence-electron chi connectivity index (χ0n) is 9.28. The van der Waals surface area contributed by atoms with E-state index in [9.17, 15) is 4.79 Å². The largest absolute Gasteiger partial charge is 0.392 e. The average Bonchev–Trinajstić information content (AvgIpc) is 2.28. The van der Waals surface area contributed by atoms with Crippen molar-refractivity contribution in [2.45, 2.75) is 13.0 Å². The summed E-state index contributed by atoms with van der Waals surface area (Å²) < 4.78 is 0. The topological polar surface area (TPSA) is 49.3 Å². The Morgan fingerprint density at radius 1 is 1.47 bits per heavy atom. The van der Waals surface area contributed by atoms with Gasteiger partial charge in [-0.3, -0.25) is 4.79 Å². The van der Waals surface area contributed by atoms with Gasteiger partial charge in [-0.1, -0.05) is 29.3 Å². The maximum Gasteiger partial charge on any atom is 0.244 e. The van der Waals surface area contributed by atoms with Crippen molar-refractivity contribution in [3.05, 3.63) is 39.9 Å². The normalized spacial score (nSPS) is 12.7. The molecule has 1 aromatic rings. The third-order valence-corrected chi connectivity index (χ3v) is 2.68. The van der Waals surface area contributed by atoms with Crippen LogP contribution in [0.15, 0.2) is 24.3 Å². The van der Waals surface area contributed by atoms with Crippen LogP contribution in [0.3, 0.4) is 0 Å². The SMILES string of the molecule is C[C@H](O)CNC(=O)/C=C/c1ccc(Cl)c(Cl)c1. The Bertz CT molecular complexity index is 431. The van der Waals surface area contributed by atoms with E-state index in [2.05, 4.69) is 5.32 Å². The lowest BCUT2D eigenvalue weighted by Gasteiger charge is -2.03. The number of rotatable bonds is 4. The van der Waals surface area contributed by atoms with Crippen molar-refractivity contribution in [2.75, 3.05) is 6.54 Å². The van der Waals surface area contributed by atoms with Gasteiger partial charge in [0.15, 0.2) is 0 Å². The molecule has 0 aliphatic rings. The number of nitrogens with one attached hydrogen (secondary N) is 1. The molecule has 3 nitrogen and oxygen atoms in total. The smallest absolute Gasteiger partial charge is 0.244 e. The second kappa shape index (κ2) is 6.64. The van der Waals surface area contributed by atoms with Crippen LogP contribution in [0.25, 0.3) is 6.08 Å². The van der Waals surface area contributed by atoms with Crippen molar-refractivity contribution in [3.8, 4) is 0 Å². The second-order valence-electron chi connectivity index (χ2n) is 3.60. The van der Waals surface area contributed by atoms with Crippen molar-refractivity contribution in [1.29, 1.82) is 0 Å². The maximum absolute atomic E-state index is 11.3. The zero-order chi connectivity index (χ0) is 12.8. The lowest BCUT2D eigenvalue weighted by atomic mass is 10.2. The summed E-state index contributed by atoms with van der Waals surface area (Å²) in [5.74, 6) is -0.267. The van der Waals surface area contributed by atoms with Gasteiger partial charge >= 0.3 is 0 Å². The highest BCUT2D eigenvalue weighted by Crippen LogP contribution is 2.22. The summed E-state index contributed by atoms with van der Waals surface area (Å²) in [7, 11) is 0. The molecule has 0 aliphatic carbocycles. The van der Waals surface area contributed by atoms with E-state index in [1.54, 1.807) is 31.2 Å². The molecule has 0 spiro atoms. The maximum atomic E-state index is 11.3. The van der Waals surface area contributed by atoms with Crippen LogP contribution in [0.1, 0.15) is 12.5 Å². The van der Waals surface area contributed by atoms with Gasteiger partial charge in [-0.05, 0) is 30.7 Å². The Hall–Kier alpha value is -1.03. The Morgan fingerprint density at radius 3 is 2.76 bits per heavy atom. The van der Waals surface area contributed by atoms with E-state index in [0.717, 1.165) is 5.56 Å². The third kappa shape index (κ3) is 5.22. The van der Waals surface area contributed by atoms with Crippen LogP contribution in [0.5, 0.6) is 0 Å². The van der Waals surface area contributed by atoms with Gasteiger partial charge in [0.1, 0.15) is 0 Å². The first kappa shape index (κ1) is 14.0. The number of aliphatic hydroxyl groups is 1. The third-order valence-electron chi connectivity index (χ3n) is 1.94. The molecule has 0 aromatic heterocycles. The molecule has 92 valence electrons. The summed E-state index contributed by atoms with van der Waals surface area (Å²) in [5.41, 5.74) is 0.784. The van der Waals surface area contributed by atoms with Crippen LogP contribution in [-0.4, -0.2) is 23.7 Å². The van der Waals surface area contributed by atoms with Crippen molar-refractivity contribution in [2.24, 2.45) is 0 Å². The van der Waals surface area contributed by atoms with E-state index in [0.29, 0.717) is 10.0 Å². The van der Waals surface area contributed by atoms with Crippen LogP contribution in [0.4, 0.5) is 0 Å². The van der Waals surface area contributed by atoms with E-state index in [1.807, 2.05) is 0 Å². The van der Waals surface area contributed by atoms with Gasteiger partial charge in [0, 0.05) is 12.6 Å². The second-order valence-corrected chi connectivity index (χ2v) is 4.42. The molecule has 0 unspecified atom stereocenters. The van der Waals surface area contributed by atoms with E-state index in [4.69, 9.17) is 28.3 Å². The van der Waals surface area contributed by atoms with Crippen molar-refractivity contribution in [1.82, 2.24) is 5.32 Å². The summed E-state index contributed by atoms with van der Waals surface area (Å²) >= 11 is 11.6. The average molecular weight is 274 g/mol. The fourth-order valence-electron chi connectivity index (χ4n) is 1.10. The van der Waals surface area contributed by atoms with Crippen molar-refractivity contribution >= 4 is 35.2 Å². The molecular weight excluding hydrogens is 261 g/mol. The molecule has 1 aromatic carbocycles. The number of carbonyl (C=O) groups is 1. The number of amides is 1. The van der Waals surface area contributed by atoms with Crippen LogP contribution >= 0.6 is 23.2 Å². The van der Waals surface area contributed by atoms with E-state index >= 15 is 0 Å². The molecule has 0 saturated carbocycles. The van der Waals surface area contributed by atoms with Crippen LogP contribution in [0.2, 0.25) is 10.0 Å². The van der Waals surface area contributed by atoms with E-state index in [-0.39, 0.29) is 12.5 Å². The zero-order valence-corrected chi connectivity index (χ0v) is 10.8. The molecule has 5 heteroatoms. The van der Waals surface area contributed by atoms with Crippen molar-refractivity contribution < 1.29 is 9.90 Å². The standard InChI is InChI=1S/C12H13Cl2NO2/c1-8(16)7-15-12(17)5-3-9-2-4-10(13)11(14)6-9/h2-6,8,16H,7H2,1H3,(H,15,17)/b5-3+/t8-/m0/s1. The Kier molecular flexibility index (Phi) is 5.48. The fraction of sp³-hybridized carbons (Fsp3) is 0.250. The lowest BCUT2D eigenvalue weighted by molar-refractivity contribution is -0.116. The minimum atomic E-state index is -0.558. The van der Waals surface area contributed by atoms with Gasteiger partial charge in [-0.25, -0.2) is 0 Å². The molecule has 0 heterocycles. The Balaban J connectivity index is 2.58. The van der Waals surface area contributed by atoms with Gasteiger partial charge in [-0.2, -0.15) is 0 Å². The van der Waals surface area contributed by atoms with Crippen LogP contribution in [-0.2, 0) is 4.79 Å². The lowest BCUT2D eigenvalue weighted by Crippen LogP contribution is -2.28. The molecule has 2 N–H and O–H groups in total. The monoisotopic (exact) mass is 273 g/mol. The molecule has 0 fully saturated rings. The first-order valence-corrected chi connectivity index (χ1v) is 5.83. The molecule has 1 rings (SSSR count). The van der Waals surface area contributed by atoms with Crippen LogP contribution < -0.4 is 5.32 Å². The summed E-state index contributed by atoms with van der Waals surface area (Å²) in [6, 6.07) is 5.09. The molecule has 0 aliphatic heterocycles. The Morgan fingerprint density at radius 2 is 2.18 bits per heavy atom. The number of hydrogen-bond donors (Lipinski definition) is 2. The molecule has 0 saturated heterocycles. The highest BCUT2D eigenvalue weighted by molar-refractivity contribution is 6.42. The summed E-state index contributed by atoms with van der Waals surface area (Å²) in [6.07, 6.45) is 2.44. The minimum Gasteiger partial charge on any atom is -0.392 e. The van der Waals surface area contributed by atoms with Crippen LogP contribution in [0, 0.1) is 0 Å². The number of aliphatic hydroxyl groups excluding tert-OH is 1. The minimum absolute atomic E-state index is 0.227. The predicted octanol–water partition coefficient (Wildman–Crippen LogP) is 2.50. The van der Waals surface area contributed by atoms with E-state index in [1.165, 1.54) is 6.08 Å². The highest BCUT2D eigenvalue weighted by atomic mass is 35.5. The molecule has 1 amide bonds. The first-order valence-electron chi connectivity index (χ1n) is 5.08. The summed E-state index contributed by atoms with van der Waals surface area (Å²) in [5, 5.41) is 12.4. The van der Waals surface area contributed by atoms with Crippen molar-refractivity contribution in [3.63, 3.8) is 0 Å². The molecule has 0 radical (unpaired) electrons. The number of halogens is 2. The number of hydrogen-bond acceptors (Lipinski definition) is 2. The first-order chi connectivity index (χ1) is 7.99. The number of benzene rings is 1. The van der Waals surface area contributed by atoms with Gasteiger partial charge in [0.25, 0.3) is 0 Å². The summed E-state index contributed by atoms with van der Waals surface area (Å²) in [4.78, 5) is 11.3. The van der Waals surface area contributed by atoms with Gasteiger partial charge in [0.05, 0.1) is 16.1 Å². The van der Waals surface area contributed by atoms with Gasteiger partial charge in [0.2, 0.25) is 5.91 Å². The molecule has 17 heavy (non-hydrogen) atoms. The Labute approximate surface area is 110 Å². The molecule has 0 bridgehead atoms. The fourth-order valence-corrected chi connectivity index (χ4v) is 1.40.